The molecule has 0 amide bonds. The van der Waals surface area contributed by atoms with Crippen LogP contribution in [0.3, 0.4) is 0 Å². The van der Waals surface area contributed by atoms with Crippen molar-refractivity contribution in [3.63, 3.8) is 0 Å². The molecule has 1 aromatic rings. The minimum Gasteiger partial charge on any atom is -0.292 e. The van der Waals surface area contributed by atoms with Crippen LogP contribution in [-0.2, 0) is 9.78 Å². The second kappa shape index (κ2) is 6.71. The van der Waals surface area contributed by atoms with E-state index in [1.165, 1.54) is 0 Å². The average Bonchev–Trinajstić information content (AvgIpc) is 2.52. The summed E-state index contributed by atoms with van der Waals surface area (Å²) in [6, 6.07) is 6.38. The summed E-state index contributed by atoms with van der Waals surface area (Å²) >= 11 is 0. The molecule has 0 saturated heterocycles. The molecule has 0 fully saturated rings. The topological polar surface area (TPSA) is 52.6 Å². The number of benzene rings is 1. The van der Waals surface area contributed by atoms with Crippen LogP contribution in [-0.4, -0.2) is 17.4 Å². The first-order chi connectivity index (χ1) is 10.4. The number of ketones is 1. The Morgan fingerprint density at radius 2 is 1.64 bits per heavy atom. The molecule has 0 radical (unpaired) electrons. The van der Waals surface area contributed by atoms with Crippen LogP contribution in [0.25, 0.3) is 0 Å². The normalized spacial score (nSPS) is 14.4. The van der Waals surface area contributed by atoms with Crippen LogP contribution < -0.4 is 0 Å². The van der Waals surface area contributed by atoms with Gasteiger partial charge in [-0.2, -0.15) is 4.89 Å². The number of carbonyl (C=O) groups is 2. The average molecular weight is 300 g/mol. The number of rotatable bonds is 4. The van der Waals surface area contributed by atoms with Crippen LogP contribution in [0.2, 0.25) is 0 Å². The van der Waals surface area contributed by atoms with Gasteiger partial charge in [-0.05, 0) is 45.7 Å². The van der Waals surface area contributed by atoms with Gasteiger partial charge in [0.05, 0.1) is 5.56 Å². The molecule has 1 aliphatic carbocycles. The Labute approximate surface area is 130 Å². The molecule has 0 heterocycles. The molecule has 0 bridgehead atoms. The number of hydrogen-bond donors (Lipinski definition) is 0. The molecule has 0 unspecified atom stereocenters. The summed E-state index contributed by atoms with van der Waals surface area (Å²) in [5.41, 5.74) is 1.02. The summed E-state index contributed by atoms with van der Waals surface area (Å²) in [7, 11) is 0. The Hall–Kier alpha value is -2.20. The molecule has 2 rings (SSSR count). The fourth-order valence-corrected chi connectivity index (χ4v) is 1.92. The van der Waals surface area contributed by atoms with Crippen LogP contribution in [0.15, 0.2) is 48.1 Å². The number of allylic oxidation sites excluding steroid dienone is 4. The first-order valence-corrected chi connectivity index (χ1v) is 7.28. The second-order valence-electron chi connectivity index (χ2n) is 6.11. The quantitative estimate of drug-likeness (QED) is 0.478. The third-order valence-corrected chi connectivity index (χ3v) is 3.01. The first kappa shape index (κ1) is 16.2. The molecule has 0 spiro atoms. The Bertz CT molecular complexity index is 615. The molecule has 0 aromatic heterocycles. The van der Waals surface area contributed by atoms with Gasteiger partial charge in [0.2, 0.25) is 0 Å². The van der Waals surface area contributed by atoms with Gasteiger partial charge in [0.25, 0.3) is 0 Å². The Morgan fingerprint density at radius 1 is 1.00 bits per heavy atom. The van der Waals surface area contributed by atoms with E-state index in [4.69, 9.17) is 9.78 Å². The maximum atomic E-state index is 12.3. The van der Waals surface area contributed by atoms with Crippen molar-refractivity contribution < 1.29 is 19.4 Å². The summed E-state index contributed by atoms with van der Waals surface area (Å²) in [6.45, 7) is 5.36. The van der Waals surface area contributed by atoms with Gasteiger partial charge in [0, 0.05) is 11.1 Å². The lowest BCUT2D eigenvalue weighted by molar-refractivity contribution is -0.301. The predicted molar refractivity (Wildman–Crippen MR) is 83.5 cm³/mol. The summed E-state index contributed by atoms with van der Waals surface area (Å²) in [4.78, 5) is 33.8. The zero-order valence-electron chi connectivity index (χ0n) is 13.1. The van der Waals surface area contributed by atoms with Crippen molar-refractivity contribution in [2.75, 3.05) is 0 Å². The third kappa shape index (κ3) is 4.40. The summed E-state index contributed by atoms with van der Waals surface area (Å²) in [6.07, 6.45) is 7.61. The highest BCUT2D eigenvalue weighted by molar-refractivity contribution is 6.10. The second-order valence-corrected chi connectivity index (χ2v) is 6.11. The van der Waals surface area contributed by atoms with E-state index in [2.05, 4.69) is 0 Å². The molecule has 4 heteroatoms. The van der Waals surface area contributed by atoms with E-state index >= 15 is 0 Å². The molecule has 1 aliphatic rings. The van der Waals surface area contributed by atoms with Crippen molar-refractivity contribution in [3.8, 4) is 0 Å². The van der Waals surface area contributed by atoms with E-state index in [1.54, 1.807) is 45.0 Å². The number of hydrogen-bond acceptors (Lipinski definition) is 4. The SMILES string of the molecule is CC(C)(C)OOC(=O)c1ccc(C(=O)C2=CCCC=C2)cc1. The largest absolute Gasteiger partial charge is 0.373 e. The fourth-order valence-electron chi connectivity index (χ4n) is 1.92. The van der Waals surface area contributed by atoms with Gasteiger partial charge in [0.15, 0.2) is 5.78 Å². The van der Waals surface area contributed by atoms with Gasteiger partial charge in [-0.15, -0.1) is 0 Å². The maximum Gasteiger partial charge on any atom is 0.373 e. The van der Waals surface area contributed by atoms with Crippen molar-refractivity contribution >= 4 is 11.8 Å². The highest BCUT2D eigenvalue weighted by Gasteiger charge is 2.17. The molecule has 0 N–H and O–H groups in total. The number of Topliss-reactive ketones (excluding diaryl/α,β-unsaturated/α-hetero) is 1. The lowest BCUT2D eigenvalue weighted by atomic mass is 9.98. The molecule has 22 heavy (non-hydrogen) atoms. The minimum absolute atomic E-state index is 0.0400. The van der Waals surface area contributed by atoms with Crippen molar-refractivity contribution in [2.24, 2.45) is 0 Å². The van der Waals surface area contributed by atoms with Crippen LogP contribution in [0.1, 0.15) is 54.3 Å². The van der Waals surface area contributed by atoms with E-state index < -0.39 is 11.6 Å². The molecule has 4 nitrogen and oxygen atoms in total. The predicted octanol–water partition coefficient (Wildman–Crippen LogP) is 4.03. The highest BCUT2D eigenvalue weighted by Crippen LogP contribution is 2.17. The highest BCUT2D eigenvalue weighted by atomic mass is 17.2. The van der Waals surface area contributed by atoms with Gasteiger partial charge in [0.1, 0.15) is 5.60 Å². The Balaban J connectivity index is 2.04. The summed E-state index contributed by atoms with van der Waals surface area (Å²) < 4.78 is 0. The minimum atomic E-state index is -0.578. The summed E-state index contributed by atoms with van der Waals surface area (Å²) in [5.74, 6) is -0.618. The molecular formula is C18H20O4. The zero-order valence-corrected chi connectivity index (χ0v) is 13.1. The molecule has 0 saturated carbocycles. The molecule has 1 aromatic carbocycles. The van der Waals surface area contributed by atoms with Gasteiger partial charge >= 0.3 is 5.97 Å². The third-order valence-electron chi connectivity index (χ3n) is 3.01. The first-order valence-electron chi connectivity index (χ1n) is 7.28. The van der Waals surface area contributed by atoms with E-state index in [-0.39, 0.29) is 5.78 Å². The fraction of sp³-hybridized carbons (Fsp3) is 0.333. The van der Waals surface area contributed by atoms with Crippen LogP contribution in [0.4, 0.5) is 0 Å². The van der Waals surface area contributed by atoms with E-state index in [9.17, 15) is 9.59 Å². The van der Waals surface area contributed by atoms with E-state index in [0.29, 0.717) is 16.7 Å². The van der Waals surface area contributed by atoms with Gasteiger partial charge in [-0.1, -0.05) is 30.4 Å². The van der Waals surface area contributed by atoms with Crippen molar-refractivity contribution in [1.29, 1.82) is 0 Å². The zero-order chi connectivity index (χ0) is 16.2. The monoisotopic (exact) mass is 300 g/mol. The van der Waals surface area contributed by atoms with E-state index in [0.717, 1.165) is 12.8 Å². The van der Waals surface area contributed by atoms with Crippen LogP contribution >= 0.6 is 0 Å². The van der Waals surface area contributed by atoms with Crippen LogP contribution in [0.5, 0.6) is 0 Å². The lowest BCUT2D eigenvalue weighted by Crippen LogP contribution is -2.22. The molecular weight excluding hydrogens is 280 g/mol. The Kier molecular flexibility index (Phi) is 4.93. The van der Waals surface area contributed by atoms with Gasteiger partial charge < -0.3 is 0 Å². The lowest BCUT2D eigenvalue weighted by Gasteiger charge is -2.16. The smallest absolute Gasteiger partial charge is 0.292 e. The Morgan fingerprint density at radius 3 is 2.18 bits per heavy atom. The van der Waals surface area contributed by atoms with Gasteiger partial charge in [-0.3, -0.25) is 9.68 Å². The molecule has 0 atom stereocenters. The number of carbonyl (C=O) groups excluding carboxylic acids is 2. The standard InChI is InChI=1S/C18H20O4/c1-18(2,3)22-21-17(20)15-11-9-14(10-12-15)16(19)13-7-5-4-6-8-13/h5,7-12H,4,6H2,1-3H3. The van der Waals surface area contributed by atoms with Crippen molar-refractivity contribution in [2.45, 2.75) is 39.2 Å². The van der Waals surface area contributed by atoms with Crippen molar-refractivity contribution in [1.82, 2.24) is 0 Å². The molecule has 0 aliphatic heterocycles. The van der Waals surface area contributed by atoms with Crippen molar-refractivity contribution in [3.05, 3.63) is 59.2 Å². The maximum absolute atomic E-state index is 12.3. The van der Waals surface area contributed by atoms with Gasteiger partial charge in [-0.25, -0.2) is 4.79 Å². The van der Waals surface area contributed by atoms with Crippen LogP contribution in [0, 0.1) is 0 Å². The molecule has 116 valence electrons. The van der Waals surface area contributed by atoms with E-state index in [1.807, 2.05) is 18.2 Å². The summed E-state index contributed by atoms with van der Waals surface area (Å²) in [5, 5.41) is 0.